The number of rotatable bonds is 10. The highest BCUT2D eigenvalue weighted by Gasteiger charge is 2.34. The van der Waals surface area contributed by atoms with E-state index >= 15 is 0 Å². The van der Waals surface area contributed by atoms with Crippen molar-refractivity contribution in [2.75, 3.05) is 10.8 Å². The lowest BCUT2D eigenvalue weighted by Gasteiger charge is -2.34. The van der Waals surface area contributed by atoms with E-state index in [2.05, 4.69) is 19.4 Å². The number of halogens is 1. The number of aromatic nitrogens is 1. The zero-order chi connectivity index (χ0) is 28.6. The number of pyridine rings is 1. The summed E-state index contributed by atoms with van der Waals surface area (Å²) in [5.41, 5.74) is 3.91. The van der Waals surface area contributed by atoms with Crippen molar-refractivity contribution >= 4 is 21.9 Å². The van der Waals surface area contributed by atoms with Crippen LogP contribution in [0.5, 0.6) is 0 Å². The number of aliphatic hydroxyl groups excluding tert-OH is 2. The first kappa shape index (κ1) is 31.1. The Balaban J connectivity index is 0.00000247. The number of allylic oxidation sites excluding steroid dienone is 1. The molecule has 0 spiro atoms. The van der Waals surface area contributed by atoms with Gasteiger partial charge in [0.05, 0.1) is 22.8 Å². The van der Waals surface area contributed by atoms with Crippen LogP contribution in [0.15, 0.2) is 42.7 Å². The van der Waals surface area contributed by atoms with Gasteiger partial charge in [-0.2, -0.15) is 0 Å². The predicted octanol–water partition coefficient (Wildman–Crippen LogP) is 6.37. The number of hydrogen-bond acceptors (Lipinski definition) is 5. The molecule has 2 heterocycles. The van der Waals surface area contributed by atoms with Gasteiger partial charge >= 0.3 is 0 Å². The van der Waals surface area contributed by atoms with E-state index < -0.39 is 21.4 Å². The molecule has 1 aromatic heterocycles. The first-order valence-electron chi connectivity index (χ1n) is 12.8. The second-order valence-electron chi connectivity index (χ2n) is 9.90. The molecule has 6 nitrogen and oxygen atoms in total. The molecule has 0 radical (unpaired) electrons. The molecule has 3 rings (SSSR count). The topological polar surface area (TPSA) is 90.7 Å². The minimum Gasteiger partial charge on any atom is -0.513 e. The molecule has 1 atom stereocenters. The summed E-state index contributed by atoms with van der Waals surface area (Å²) in [5, 5.41) is 19.3. The van der Waals surface area contributed by atoms with Crippen molar-refractivity contribution in [2.45, 2.75) is 77.1 Å². The van der Waals surface area contributed by atoms with Crippen LogP contribution >= 0.6 is 0 Å². The van der Waals surface area contributed by atoms with Crippen molar-refractivity contribution in [3.8, 4) is 24.0 Å². The summed E-state index contributed by atoms with van der Waals surface area (Å²) in [6, 6.07) is 6.19. The number of benzene rings is 1. The van der Waals surface area contributed by atoms with E-state index in [1.807, 2.05) is 19.9 Å². The highest BCUT2D eigenvalue weighted by atomic mass is 32.2. The molecule has 0 bridgehead atoms. The Morgan fingerprint density at radius 2 is 1.84 bits per heavy atom. The van der Waals surface area contributed by atoms with Gasteiger partial charge in [0.25, 0.3) is 0 Å². The normalized spacial score (nSPS) is 14.3. The largest absolute Gasteiger partial charge is 0.513 e. The standard InChI is InChI=1S/C28H37FN2O4S.C2H2/c1-18(2)27-24(16-15-23(33)9-6-8-20(5)32)26(21-11-13-22(29)14-12-21)25-10-7-17-31(28(25)30-27)36(34,35)19(3)4;1-2/h11-16,18-19,23,32-33H,5-10,17H2,1-4H3;1-2H/b16-15+;/t23-;/m0./s1. The molecule has 2 N–H and O–H groups in total. The number of fused-ring (bicyclic) bond motifs is 1. The number of terminal acetylenes is 1. The molecule has 0 saturated heterocycles. The Bertz CT molecular complexity index is 1270. The molecule has 0 unspecified atom stereocenters. The van der Waals surface area contributed by atoms with Crippen LogP contribution in [0.25, 0.3) is 17.2 Å². The maximum absolute atomic E-state index is 13.8. The molecule has 0 fully saturated rings. The summed E-state index contributed by atoms with van der Waals surface area (Å²) in [6.07, 6.45) is 13.6. The Labute approximate surface area is 227 Å². The Kier molecular flexibility index (Phi) is 11.1. The monoisotopic (exact) mass is 542 g/mol. The molecule has 2 aromatic rings. The summed E-state index contributed by atoms with van der Waals surface area (Å²) in [5.74, 6) is 0.145. The summed E-state index contributed by atoms with van der Waals surface area (Å²) in [7, 11) is -3.59. The molecule has 0 aliphatic carbocycles. The molecule has 0 amide bonds. The SMILES string of the molecule is C#C.C=C(O)CCC[C@H](O)/C=C/c1c(C(C)C)nc2c(c1-c1ccc(F)cc1)CCCN2S(=O)(=O)C(C)C. The fraction of sp³-hybridized carbons (Fsp3) is 0.433. The highest BCUT2D eigenvalue weighted by Crippen LogP contribution is 2.42. The van der Waals surface area contributed by atoms with Crippen molar-refractivity contribution in [1.82, 2.24) is 4.98 Å². The summed E-state index contributed by atoms with van der Waals surface area (Å²) < 4.78 is 41.7. The smallest absolute Gasteiger partial charge is 0.238 e. The van der Waals surface area contributed by atoms with Gasteiger partial charge in [-0.15, -0.1) is 12.8 Å². The van der Waals surface area contributed by atoms with Gasteiger partial charge < -0.3 is 10.2 Å². The minimum absolute atomic E-state index is 0.0328. The van der Waals surface area contributed by atoms with Crippen LogP contribution in [-0.2, 0) is 16.4 Å². The third-order valence-corrected chi connectivity index (χ3v) is 8.56. The predicted molar refractivity (Wildman–Crippen MR) is 154 cm³/mol. The van der Waals surface area contributed by atoms with Crippen LogP contribution in [0, 0.1) is 18.7 Å². The second kappa shape index (κ2) is 13.6. The summed E-state index contributed by atoms with van der Waals surface area (Å²) in [6.45, 7) is 11.2. The van der Waals surface area contributed by atoms with Gasteiger partial charge in [-0.25, -0.2) is 17.8 Å². The van der Waals surface area contributed by atoms with E-state index in [4.69, 9.17) is 4.98 Å². The second-order valence-corrected chi connectivity index (χ2v) is 12.3. The molecule has 8 heteroatoms. The Morgan fingerprint density at radius 1 is 1.21 bits per heavy atom. The molecular formula is C30H39FN2O4S. The third kappa shape index (κ3) is 7.24. The Morgan fingerprint density at radius 3 is 2.39 bits per heavy atom. The lowest BCUT2D eigenvalue weighted by molar-refractivity contribution is 0.208. The van der Waals surface area contributed by atoms with E-state index in [0.717, 1.165) is 22.3 Å². The zero-order valence-corrected chi connectivity index (χ0v) is 23.5. The number of sulfonamides is 1. The first-order valence-corrected chi connectivity index (χ1v) is 14.3. The van der Waals surface area contributed by atoms with Gasteiger partial charge in [0.1, 0.15) is 11.6 Å². The molecule has 0 saturated carbocycles. The first-order chi connectivity index (χ1) is 17.9. The van der Waals surface area contributed by atoms with Crippen LogP contribution in [0.1, 0.15) is 76.1 Å². The van der Waals surface area contributed by atoms with Crippen molar-refractivity contribution in [2.24, 2.45) is 0 Å². The van der Waals surface area contributed by atoms with Crippen molar-refractivity contribution in [3.05, 3.63) is 65.3 Å². The molecule has 38 heavy (non-hydrogen) atoms. The average Bonchev–Trinajstić information content (AvgIpc) is 2.87. The van der Waals surface area contributed by atoms with E-state index in [1.54, 1.807) is 32.1 Å². The van der Waals surface area contributed by atoms with E-state index in [1.165, 1.54) is 16.4 Å². The molecule has 1 aliphatic heterocycles. The van der Waals surface area contributed by atoms with Crippen molar-refractivity contribution < 1.29 is 23.0 Å². The van der Waals surface area contributed by atoms with E-state index in [9.17, 15) is 23.0 Å². The Hall–Kier alpha value is -3.15. The minimum atomic E-state index is -3.59. The average molecular weight is 543 g/mol. The zero-order valence-electron chi connectivity index (χ0n) is 22.7. The molecule has 1 aliphatic rings. The van der Waals surface area contributed by atoms with Gasteiger partial charge in [-0.1, -0.05) is 44.7 Å². The maximum Gasteiger partial charge on any atom is 0.238 e. The van der Waals surface area contributed by atoms with Gasteiger partial charge in [0.15, 0.2) is 0 Å². The number of aliphatic hydroxyl groups is 2. The lowest BCUT2D eigenvalue weighted by Crippen LogP contribution is -2.41. The van der Waals surface area contributed by atoms with Crippen LogP contribution in [0.2, 0.25) is 0 Å². The van der Waals surface area contributed by atoms with Crippen LogP contribution in [0.3, 0.4) is 0 Å². The number of hydrogen-bond donors (Lipinski definition) is 2. The fourth-order valence-electron chi connectivity index (χ4n) is 4.47. The van der Waals surface area contributed by atoms with Gasteiger partial charge in [0, 0.05) is 24.1 Å². The summed E-state index contributed by atoms with van der Waals surface area (Å²) in [4.78, 5) is 4.91. The van der Waals surface area contributed by atoms with Crippen LogP contribution in [-0.4, -0.2) is 41.5 Å². The lowest BCUT2D eigenvalue weighted by atomic mass is 9.87. The number of anilines is 1. The number of nitrogens with zero attached hydrogens (tertiary/aromatic N) is 2. The van der Waals surface area contributed by atoms with Crippen molar-refractivity contribution in [1.29, 1.82) is 0 Å². The summed E-state index contributed by atoms with van der Waals surface area (Å²) >= 11 is 0. The van der Waals surface area contributed by atoms with Gasteiger partial charge in [0.2, 0.25) is 10.0 Å². The van der Waals surface area contributed by atoms with Crippen LogP contribution < -0.4 is 4.31 Å². The maximum atomic E-state index is 13.8. The van der Waals surface area contributed by atoms with Crippen LogP contribution in [0.4, 0.5) is 10.2 Å². The van der Waals surface area contributed by atoms with Crippen molar-refractivity contribution in [3.63, 3.8) is 0 Å². The van der Waals surface area contributed by atoms with E-state index in [-0.39, 0.29) is 17.5 Å². The quantitative estimate of drug-likeness (QED) is 0.269. The molecule has 206 valence electrons. The van der Waals surface area contributed by atoms with Gasteiger partial charge in [-0.05, 0) is 68.7 Å². The third-order valence-electron chi connectivity index (χ3n) is 6.40. The molecule has 1 aromatic carbocycles. The highest BCUT2D eigenvalue weighted by molar-refractivity contribution is 7.93. The molecular weight excluding hydrogens is 503 g/mol. The van der Waals surface area contributed by atoms with E-state index in [0.29, 0.717) is 50.2 Å². The fourth-order valence-corrected chi connectivity index (χ4v) is 5.75. The van der Waals surface area contributed by atoms with Gasteiger partial charge in [-0.3, -0.25) is 4.31 Å².